The number of likely N-dealkylation sites (N-methyl/N-ethyl adjacent to an activating group) is 1. The van der Waals surface area contributed by atoms with Gasteiger partial charge in [0.25, 0.3) is 0 Å². The first-order valence-electron chi connectivity index (χ1n) is 7.73. The average molecular weight is 253 g/mol. The van der Waals surface area contributed by atoms with Gasteiger partial charge < -0.3 is 15.5 Å². The van der Waals surface area contributed by atoms with Crippen molar-refractivity contribution in [3.8, 4) is 0 Å². The minimum absolute atomic E-state index is 0.341. The third-order valence-electron chi connectivity index (χ3n) is 5.21. The lowest BCUT2D eigenvalue weighted by Crippen LogP contribution is -2.53. The van der Waals surface area contributed by atoms with Crippen molar-refractivity contribution in [1.82, 2.24) is 9.80 Å². The van der Waals surface area contributed by atoms with E-state index >= 15 is 0 Å². The fraction of sp³-hybridized carbons (Fsp3) is 1.00. The zero-order valence-electron chi connectivity index (χ0n) is 12.5. The molecule has 0 aromatic heterocycles. The Morgan fingerprint density at radius 3 is 2.33 bits per heavy atom. The van der Waals surface area contributed by atoms with E-state index in [4.69, 9.17) is 5.73 Å². The van der Waals surface area contributed by atoms with Gasteiger partial charge in [0, 0.05) is 38.8 Å². The van der Waals surface area contributed by atoms with Crippen LogP contribution in [0, 0.1) is 11.3 Å². The van der Waals surface area contributed by atoms with Crippen molar-refractivity contribution < 1.29 is 0 Å². The zero-order chi connectivity index (χ0) is 13.2. The van der Waals surface area contributed by atoms with Crippen molar-refractivity contribution >= 4 is 0 Å². The van der Waals surface area contributed by atoms with E-state index < -0.39 is 0 Å². The first kappa shape index (κ1) is 14.3. The summed E-state index contributed by atoms with van der Waals surface area (Å²) in [7, 11) is 0. The van der Waals surface area contributed by atoms with E-state index in [-0.39, 0.29) is 0 Å². The van der Waals surface area contributed by atoms with Crippen LogP contribution in [0.2, 0.25) is 0 Å². The Morgan fingerprint density at radius 2 is 1.72 bits per heavy atom. The molecule has 0 aromatic carbocycles. The molecule has 0 bridgehead atoms. The van der Waals surface area contributed by atoms with Gasteiger partial charge in [-0.2, -0.15) is 0 Å². The van der Waals surface area contributed by atoms with Crippen LogP contribution in [-0.2, 0) is 0 Å². The molecule has 0 radical (unpaired) electrons. The molecule has 3 heteroatoms. The summed E-state index contributed by atoms with van der Waals surface area (Å²) >= 11 is 0. The minimum Gasteiger partial charge on any atom is -0.327 e. The van der Waals surface area contributed by atoms with Gasteiger partial charge in [0.05, 0.1) is 0 Å². The molecule has 0 aromatic rings. The molecule has 18 heavy (non-hydrogen) atoms. The second-order valence-electron chi connectivity index (χ2n) is 6.90. The molecule has 3 nitrogen and oxygen atoms in total. The van der Waals surface area contributed by atoms with Gasteiger partial charge in [0.1, 0.15) is 0 Å². The standard InChI is InChI=1S/C15H31N3/c1-4-17-8-10-18(11-9-17)12-13-6-5-7-15(2,3)14(13)16/h13-14H,4-12,16H2,1-3H3. The minimum atomic E-state index is 0.341. The van der Waals surface area contributed by atoms with Crippen LogP contribution < -0.4 is 5.73 Å². The summed E-state index contributed by atoms with van der Waals surface area (Å²) in [4.78, 5) is 5.18. The monoisotopic (exact) mass is 253 g/mol. The number of piperazine rings is 1. The number of nitrogens with two attached hydrogens (primary N) is 1. The molecule has 2 unspecified atom stereocenters. The Morgan fingerprint density at radius 1 is 1.11 bits per heavy atom. The predicted molar refractivity (Wildman–Crippen MR) is 77.7 cm³/mol. The summed E-state index contributed by atoms with van der Waals surface area (Å²) in [6, 6.07) is 0.385. The topological polar surface area (TPSA) is 32.5 Å². The molecule has 2 atom stereocenters. The van der Waals surface area contributed by atoms with E-state index in [1.165, 1.54) is 58.5 Å². The highest BCUT2D eigenvalue weighted by atomic mass is 15.3. The fourth-order valence-corrected chi connectivity index (χ4v) is 3.63. The molecule has 1 saturated heterocycles. The first-order valence-corrected chi connectivity index (χ1v) is 7.73. The van der Waals surface area contributed by atoms with Gasteiger partial charge in [-0.3, -0.25) is 0 Å². The Hall–Kier alpha value is -0.120. The molecular weight excluding hydrogens is 222 g/mol. The molecule has 2 fully saturated rings. The maximum Gasteiger partial charge on any atom is 0.0131 e. The highest BCUT2D eigenvalue weighted by molar-refractivity contribution is 4.92. The third-order valence-corrected chi connectivity index (χ3v) is 5.21. The normalized spacial score (nSPS) is 34.7. The number of rotatable bonds is 3. The van der Waals surface area contributed by atoms with Crippen LogP contribution in [0.3, 0.4) is 0 Å². The van der Waals surface area contributed by atoms with Crippen LogP contribution in [-0.4, -0.2) is 55.1 Å². The van der Waals surface area contributed by atoms with Crippen molar-refractivity contribution in [3.05, 3.63) is 0 Å². The van der Waals surface area contributed by atoms with Crippen molar-refractivity contribution in [2.45, 2.75) is 46.1 Å². The zero-order valence-corrected chi connectivity index (χ0v) is 12.5. The van der Waals surface area contributed by atoms with Gasteiger partial charge in [-0.15, -0.1) is 0 Å². The molecule has 1 aliphatic heterocycles. The molecular formula is C15H31N3. The molecule has 0 amide bonds. The van der Waals surface area contributed by atoms with Crippen molar-refractivity contribution in [1.29, 1.82) is 0 Å². The number of hydrogen-bond donors (Lipinski definition) is 1. The molecule has 106 valence electrons. The lowest BCUT2D eigenvalue weighted by atomic mass is 9.68. The van der Waals surface area contributed by atoms with Crippen LogP contribution >= 0.6 is 0 Å². The molecule has 0 spiro atoms. The predicted octanol–water partition coefficient (Wildman–Crippen LogP) is 1.78. The summed E-state index contributed by atoms with van der Waals surface area (Å²) in [6.45, 7) is 14.3. The van der Waals surface area contributed by atoms with E-state index in [0.717, 1.165) is 0 Å². The second kappa shape index (κ2) is 5.89. The van der Waals surface area contributed by atoms with Crippen molar-refractivity contribution in [2.75, 3.05) is 39.3 Å². The Labute approximate surface area is 113 Å². The maximum absolute atomic E-state index is 6.49. The lowest BCUT2D eigenvalue weighted by Gasteiger charge is -2.44. The SMILES string of the molecule is CCN1CCN(CC2CCCC(C)(C)C2N)CC1. The summed E-state index contributed by atoms with van der Waals surface area (Å²) < 4.78 is 0. The molecule has 2 rings (SSSR count). The third kappa shape index (κ3) is 3.25. The van der Waals surface area contributed by atoms with E-state index in [9.17, 15) is 0 Å². The van der Waals surface area contributed by atoms with Crippen molar-refractivity contribution in [2.24, 2.45) is 17.1 Å². The fourth-order valence-electron chi connectivity index (χ4n) is 3.63. The Balaban J connectivity index is 1.82. The van der Waals surface area contributed by atoms with Gasteiger partial charge in [-0.05, 0) is 30.7 Å². The first-order chi connectivity index (χ1) is 8.53. The van der Waals surface area contributed by atoms with Crippen LogP contribution in [0.25, 0.3) is 0 Å². The summed E-state index contributed by atoms with van der Waals surface area (Å²) in [5, 5.41) is 0. The summed E-state index contributed by atoms with van der Waals surface area (Å²) in [6.07, 6.45) is 3.99. The molecule has 1 aliphatic carbocycles. The Bertz CT molecular complexity index is 256. The van der Waals surface area contributed by atoms with Gasteiger partial charge >= 0.3 is 0 Å². The average Bonchev–Trinajstić information content (AvgIpc) is 2.36. The van der Waals surface area contributed by atoms with E-state index in [2.05, 4.69) is 30.6 Å². The largest absolute Gasteiger partial charge is 0.327 e. The Kier molecular flexibility index (Phi) is 4.68. The number of hydrogen-bond acceptors (Lipinski definition) is 3. The lowest BCUT2D eigenvalue weighted by molar-refractivity contribution is 0.0737. The summed E-state index contributed by atoms with van der Waals surface area (Å²) in [5.74, 6) is 0.710. The van der Waals surface area contributed by atoms with Crippen LogP contribution in [0.4, 0.5) is 0 Å². The van der Waals surface area contributed by atoms with Gasteiger partial charge in [-0.1, -0.05) is 27.2 Å². The van der Waals surface area contributed by atoms with E-state index in [0.29, 0.717) is 17.4 Å². The smallest absolute Gasteiger partial charge is 0.0131 e. The highest BCUT2D eigenvalue weighted by Crippen LogP contribution is 2.38. The van der Waals surface area contributed by atoms with Gasteiger partial charge in [0.2, 0.25) is 0 Å². The molecule has 1 saturated carbocycles. The van der Waals surface area contributed by atoms with Crippen LogP contribution in [0.1, 0.15) is 40.0 Å². The van der Waals surface area contributed by atoms with Crippen LogP contribution in [0.15, 0.2) is 0 Å². The quantitative estimate of drug-likeness (QED) is 0.832. The van der Waals surface area contributed by atoms with Gasteiger partial charge in [-0.25, -0.2) is 0 Å². The van der Waals surface area contributed by atoms with E-state index in [1.54, 1.807) is 0 Å². The molecule has 2 N–H and O–H groups in total. The highest BCUT2D eigenvalue weighted by Gasteiger charge is 2.37. The molecule has 2 aliphatic rings. The second-order valence-corrected chi connectivity index (χ2v) is 6.90. The molecule has 1 heterocycles. The van der Waals surface area contributed by atoms with Crippen molar-refractivity contribution in [3.63, 3.8) is 0 Å². The number of nitrogens with zero attached hydrogens (tertiary/aromatic N) is 2. The van der Waals surface area contributed by atoms with Crippen LogP contribution in [0.5, 0.6) is 0 Å². The maximum atomic E-state index is 6.49. The van der Waals surface area contributed by atoms with Gasteiger partial charge in [0.15, 0.2) is 0 Å². The van der Waals surface area contributed by atoms with E-state index in [1.807, 2.05) is 0 Å². The summed E-state index contributed by atoms with van der Waals surface area (Å²) in [5.41, 5.74) is 6.83.